The van der Waals surface area contributed by atoms with E-state index in [1.807, 2.05) is 12.1 Å². The van der Waals surface area contributed by atoms with Crippen LogP contribution in [0.1, 0.15) is 32.8 Å². The smallest absolute Gasteiger partial charge is 0.193 e. The van der Waals surface area contributed by atoms with E-state index in [1.165, 1.54) is 12.1 Å². The van der Waals surface area contributed by atoms with E-state index in [2.05, 4.69) is 31.0 Å². The molecule has 1 aromatic rings. The maximum absolute atomic E-state index is 13.2. The summed E-state index contributed by atoms with van der Waals surface area (Å²) in [6, 6.07) is 6.73. The van der Waals surface area contributed by atoms with E-state index in [4.69, 9.17) is 14.5 Å². The molecule has 5 nitrogen and oxygen atoms in total. The molecule has 1 unspecified atom stereocenters. The summed E-state index contributed by atoms with van der Waals surface area (Å²) in [4.78, 5) is 7.20. The first kappa shape index (κ1) is 21.6. The van der Waals surface area contributed by atoms with Crippen molar-refractivity contribution in [3.8, 4) is 0 Å². The van der Waals surface area contributed by atoms with E-state index in [-0.39, 0.29) is 11.2 Å². The standard InChI is InChI=1S/C21H34FN3O2/c1-5-23-20(25-11-10-17(14-25)15-27-13-12-26-4)24-16-21(2,3)18-6-8-19(22)9-7-18/h6-9,17H,5,10-16H2,1-4H3,(H,23,24). The lowest BCUT2D eigenvalue weighted by Gasteiger charge is -2.26. The Morgan fingerprint density at radius 3 is 2.70 bits per heavy atom. The Morgan fingerprint density at radius 1 is 1.30 bits per heavy atom. The summed E-state index contributed by atoms with van der Waals surface area (Å²) in [6.07, 6.45) is 1.11. The Kier molecular flexibility index (Phi) is 8.51. The molecule has 1 N–H and O–H groups in total. The van der Waals surface area contributed by atoms with Crippen molar-refractivity contribution >= 4 is 5.96 Å². The zero-order valence-electron chi connectivity index (χ0n) is 17.1. The van der Waals surface area contributed by atoms with E-state index in [0.717, 1.165) is 44.2 Å². The number of hydrogen-bond donors (Lipinski definition) is 1. The van der Waals surface area contributed by atoms with Crippen LogP contribution < -0.4 is 5.32 Å². The predicted molar refractivity (Wildman–Crippen MR) is 108 cm³/mol. The van der Waals surface area contributed by atoms with Crippen LogP contribution in [0.15, 0.2) is 29.3 Å². The predicted octanol–water partition coefficient (Wildman–Crippen LogP) is 3.05. The summed E-state index contributed by atoms with van der Waals surface area (Å²) < 4.78 is 23.9. The van der Waals surface area contributed by atoms with Gasteiger partial charge in [-0.1, -0.05) is 26.0 Å². The normalized spacial score (nSPS) is 18.2. The van der Waals surface area contributed by atoms with E-state index < -0.39 is 0 Å². The van der Waals surface area contributed by atoms with Crippen LogP contribution in [0.4, 0.5) is 4.39 Å². The fraction of sp³-hybridized carbons (Fsp3) is 0.667. The van der Waals surface area contributed by atoms with E-state index in [0.29, 0.717) is 25.7 Å². The summed E-state index contributed by atoms with van der Waals surface area (Å²) in [5.74, 6) is 1.27. The molecule has 1 atom stereocenters. The molecular weight excluding hydrogens is 345 g/mol. The number of methoxy groups -OCH3 is 1. The SMILES string of the molecule is CCNC(=NCC(C)(C)c1ccc(F)cc1)N1CCC(COCCOC)C1. The largest absolute Gasteiger partial charge is 0.382 e. The van der Waals surface area contributed by atoms with Gasteiger partial charge in [0, 0.05) is 38.1 Å². The van der Waals surface area contributed by atoms with Crippen molar-refractivity contribution in [2.45, 2.75) is 32.6 Å². The van der Waals surface area contributed by atoms with Gasteiger partial charge in [0.1, 0.15) is 5.82 Å². The molecule has 1 aliphatic heterocycles. The maximum atomic E-state index is 13.2. The second-order valence-electron chi connectivity index (χ2n) is 7.73. The Balaban J connectivity index is 1.94. The second-order valence-corrected chi connectivity index (χ2v) is 7.73. The van der Waals surface area contributed by atoms with Crippen molar-refractivity contribution in [1.82, 2.24) is 10.2 Å². The van der Waals surface area contributed by atoms with Crippen LogP contribution in [0.2, 0.25) is 0 Å². The number of guanidine groups is 1. The van der Waals surface area contributed by atoms with Crippen LogP contribution in [-0.4, -0.2) is 64.0 Å². The number of likely N-dealkylation sites (tertiary alicyclic amines) is 1. The lowest BCUT2D eigenvalue weighted by Crippen LogP contribution is -2.41. The summed E-state index contributed by atoms with van der Waals surface area (Å²) in [6.45, 7) is 11.8. The minimum atomic E-state index is -0.206. The molecule has 1 heterocycles. The van der Waals surface area contributed by atoms with E-state index in [1.54, 1.807) is 7.11 Å². The van der Waals surface area contributed by atoms with Crippen molar-refractivity contribution in [2.75, 3.05) is 53.1 Å². The van der Waals surface area contributed by atoms with Gasteiger partial charge in [0.15, 0.2) is 5.96 Å². The van der Waals surface area contributed by atoms with Crippen LogP contribution in [0.3, 0.4) is 0 Å². The molecule has 1 fully saturated rings. The molecule has 0 amide bonds. The van der Waals surface area contributed by atoms with Gasteiger partial charge in [-0.2, -0.15) is 0 Å². The Hall–Kier alpha value is -1.66. The number of benzene rings is 1. The zero-order valence-corrected chi connectivity index (χ0v) is 17.1. The van der Waals surface area contributed by atoms with Gasteiger partial charge in [-0.25, -0.2) is 4.39 Å². The first-order valence-corrected chi connectivity index (χ1v) is 9.82. The van der Waals surface area contributed by atoms with Crippen molar-refractivity contribution < 1.29 is 13.9 Å². The van der Waals surface area contributed by atoms with Crippen LogP contribution in [0.25, 0.3) is 0 Å². The summed E-state index contributed by atoms with van der Waals surface area (Å²) >= 11 is 0. The van der Waals surface area contributed by atoms with Crippen molar-refractivity contribution in [1.29, 1.82) is 0 Å². The van der Waals surface area contributed by atoms with Crippen LogP contribution in [0.5, 0.6) is 0 Å². The number of nitrogens with zero attached hydrogens (tertiary/aromatic N) is 2. The third-order valence-electron chi connectivity index (χ3n) is 4.96. The number of halogens is 1. The maximum Gasteiger partial charge on any atom is 0.193 e. The third kappa shape index (κ3) is 6.78. The average Bonchev–Trinajstić information content (AvgIpc) is 3.11. The quantitative estimate of drug-likeness (QED) is 0.407. The summed E-state index contributed by atoms with van der Waals surface area (Å²) in [7, 11) is 1.69. The van der Waals surface area contributed by atoms with Crippen LogP contribution in [-0.2, 0) is 14.9 Å². The molecule has 0 saturated carbocycles. The molecule has 0 bridgehead atoms. The highest BCUT2D eigenvalue weighted by Gasteiger charge is 2.26. The number of nitrogens with one attached hydrogen (secondary N) is 1. The topological polar surface area (TPSA) is 46.1 Å². The molecule has 1 aromatic carbocycles. The summed E-state index contributed by atoms with van der Waals surface area (Å²) in [5, 5.41) is 3.41. The molecule has 0 radical (unpaired) electrons. The van der Waals surface area contributed by atoms with Gasteiger partial charge in [0.25, 0.3) is 0 Å². The van der Waals surface area contributed by atoms with Crippen molar-refractivity contribution in [3.63, 3.8) is 0 Å². The molecule has 1 aliphatic rings. The Morgan fingerprint density at radius 2 is 2.04 bits per heavy atom. The molecule has 6 heteroatoms. The van der Waals surface area contributed by atoms with Gasteiger partial charge in [0.2, 0.25) is 0 Å². The van der Waals surface area contributed by atoms with Gasteiger partial charge in [-0.3, -0.25) is 4.99 Å². The van der Waals surface area contributed by atoms with Gasteiger partial charge in [0.05, 0.1) is 26.4 Å². The van der Waals surface area contributed by atoms with Crippen LogP contribution in [0, 0.1) is 11.7 Å². The van der Waals surface area contributed by atoms with Crippen molar-refractivity contribution in [3.05, 3.63) is 35.6 Å². The lowest BCUT2D eigenvalue weighted by atomic mass is 9.85. The number of rotatable bonds is 9. The Labute approximate surface area is 162 Å². The fourth-order valence-corrected chi connectivity index (χ4v) is 3.24. The minimum absolute atomic E-state index is 0.156. The first-order valence-electron chi connectivity index (χ1n) is 9.82. The number of hydrogen-bond acceptors (Lipinski definition) is 3. The van der Waals surface area contributed by atoms with Crippen LogP contribution >= 0.6 is 0 Å². The van der Waals surface area contributed by atoms with Gasteiger partial charge in [-0.05, 0) is 31.0 Å². The third-order valence-corrected chi connectivity index (χ3v) is 4.96. The highest BCUT2D eigenvalue weighted by Crippen LogP contribution is 2.24. The molecule has 152 valence electrons. The molecule has 0 aromatic heterocycles. The first-order chi connectivity index (χ1) is 13.0. The Bertz CT molecular complexity index is 590. The van der Waals surface area contributed by atoms with Gasteiger partial charge >= 0.3 is 0 Å². The monoisotopic (exact) mass is 379 g/mol. The fourth-order valence-electron chi connectivity index (χ4n) is 3.24. The van der Waals surface area contributed by atoms with E-state index >= 15 is 0 Å². The molecule has 0 aliphatic carbocycles. The zero-order chi connectivity index (χ0) is 19.7. The molecular formula is C21H34FN3O2. The highest BCUT2D eigenvalue weighted by molar-refractivity contribution is 5.80. The molecule has 1 saturated heterocycles. The lowest BCUT2D eigenvalue weighted by molar-refractivity contribution is 0.0536. The number of ether oxygens (including phenoxy) is 2. The summed E-state index contributed by atoms with van der Waals surface area (Å²) in [5.41, 5.74) is 0.936. The van der Waals surface area contributed by atoms with Gasteiger partial charge < -0.3 is 19.7 Å². The van der Waals surface area contributed by atoms with Gasteiger partial charge in [-0.15, -0.1) is 0 Å². The molecule has 2 rings (SSSR count). The minimum Gasteiger partial charge on any atom is -0.382 e. The molecule has 27 heavy (non-hydrogen) atoms. The van der Waals surface area contributed by atoms with E-state index in [9.17, 15) is 4.39 Å². The number of aliphatic imine (C=N–C) groups is 1. The van der Waals surface area contributed by atoms with Crippen molar-refractivity contribution in [2.24, 2.45) is 10.9 Å². The second kappa shape index (κ2) is 10.6. The molecule has 0 spiro atoms. The average molecular weight is 380 g/mol. The highest BCUT2D eigenvalue weighted by atomic mass is 19.1.